The number of fused-ring (bicyclic) bond motifs is 2. The first-order valence-corrected chi connectivity index (χ1v) is 11.2. The first kappa shape index (κ1) is 20.2. The Bertz CT molecular complexity index is 1170. The second kappa shape index (κ2) is 8.45. The number of ether oxygens (including phenoxy) is 1. The molecule has 158 valence electrons. The van der Waals surface area contributed by atoms with Gasteiger partial charge in [0.05, 0.1) is 12.2 Å². The molecule has 0 spiro atoms. The van der Waals surface area contributed by atoms with Gasteiger partial charge in [-0.25, -0.2) is 0 Å². The molecule has 2 aliphatic heterocycles. The Morgan fingerprint density at radius 2 is 2.00 bits per heavy atom. The average molecular weight is 434 g/mol. The zero-order valence-corrected chi connectivity index (χ0v) is 18.0. The number of rotatable bonds is 5. The van der Waals surface area contributed by atoms with Crippen LogP contribution in [-0.2, 0) is 0 Å². The van der Waals surface area contributed by atoms with Gasteiger partial charge in [0.15, 0.2) is 11.6 Å². The lowest BCUT2D eigenvalue weighted by Crippen LogP contribution is -2.23. The van der Waals surface area contributed by atoms with Crippen molar-refractivity contribution in [1.29, 1.82) is 0 Å². The number of ketones is 2. The van der Waals surface area contributed by atoms with Gasteiger partial charge in [0.25, 0.3) is 0 Å². The molecule has 0 aromatic heterocycles. The van der Waals surface area contributed by atoms with E-state index in [9.17, 15) is 9.59 Å². The number of hydrogen-bond acceptors (Lipinski definition) is 4. The number of halogens is 1. The van der Waals surface area contributed by atoms with E-state index in [0.29, 0.717) is 42.2 Å². The summed E-state index contributed by atoms with van der Waals surface area (Å²) in [5.41, 5.74) is 2.59. The standard InChI is InChI=1S/C26H24ClNO3/c27-22-3-1-2-17(13-22)20-6-9-28(16-20)10-7-24(29)19-5-4-18-15-26-23(14-21(18)12-19)25(30)8-11-31-26/h1-5,12-15,20H,6-11,16H2. The summed E-state index contributed by atoms with van der Waals surface area (Å²) in [6.07, 6.45) is 1.98. The Balaban J connectivity index is 1.25. The van der Waals surface area contributed by atoms with E-state index in [-0.39, 0.29) is 11.6 Å². The van der Waals surface area contributed by atoms with Gasteiger partial charge < -0.3 is 9.64 Å². The molecule has 1 fully saturated rings. The largest absolute Gasteiger partial charge is 0.492 e. The quantitative estimate of drug-likeness (QED) is 0.497. The highest BCUT2D eigenvalue weighted by atomic mass is 35.5. The van der Waals surface area contributed by atoms with E-state index in [2.05, 4.69) is 11.0 Å². The van der Waals surface area contributed by atoms with Crippen molar-refractivity contribution in [3.8, 4) is 5.75 Å². The van der Waals surface area contributed by atoms with Crippen LogP contribution in [0.5, 0.6) is 5.75 Å². The molecule has 4 nitrogen and oxygen atoms in total. The van der Waals surface area contributed by atoms with Crippen molar-refractivity contribution < 1.29 is 14.3 Å². The summed E-state index contributed by atoms with van der Waals surface area (Å²) < 4.78 is 5.62. The van der Waals surface area contributed by atoms with Crippen LogP contribution < -0.4 is 4.74 Å². The van der Waals surface area contributed by atoms with E-state index in [0.717, 1.165) is 41.9 Å². The number of benzene rings is 3. The number of likely N-dealkylation sites (tertiary alicyclic amines) is 1. The zero-order chi connectivity index (χ0) is 21.4. The second-order valence-electron chi connectivity index (χ2n) is 8.45. The molecule has 0 amide bonds. The van der Waals surface area contributed by atoms with Crippen LogP contribution >= 0.6 is 11.6 Å². The Hall–Kier alpha value is -2.69. The van der Waals surface area contributed by atoms with E-state index in [1.807, 2.05) is 48.5 Å². The third-order valence-electron chi connectivity index (χ3n) is 6.40. The third-order valence-corrected chi connectivity index (χ3v) is 6.63. The molecule has 1 saturated heterocycles. The van der Waals surface area contributed by atoms with E-state index in [4.69, 9.17) is 16.3 Å². The lowest BCUT2D eigenvalue weighted by atomic mass is 9.97. The van der Waals surface area contributed by atoms with Crippen LogP contribution in [0.4, 0.5) is 0 Å². The number of carbonyl (C=O) groups is 2. The Morgan fingerprint density at radius 1 is 1.10 bits per heavy atom. The monoisotopic (exact) mass is 433 g/mol. The molecule has 0 bridgehead atoms. The highest BCUT2D eigenvalue weighted by Gasteiger charge is 2.24. The van der Waals surface area contributed by atoms with Gasteiger partial charge >= 0.3 is 0 Å². The molecule has 31 heavy (non-hydrogen) atoms. The Labute approximate surface area is 186 Å². The molecule has 5 rings (SSSR count). The highest BCUT2D eigenvalue weighted by Crippen LogP contribution is 2.31. The van der Waals surface area contributed by atoms with E-state index < -0.39 is 0 Å². The Morgan fingerprint density at radius 3 is 2.87 bits per heavy atom. The molecule has 0 N–H and O–H groups in total. The molecule has 0 radical (unpaired) electrons. The summed E-state index contributed by atoms with van der Waals surface area (Å²) in [5.74, 6) is 1.35. The van der Waals surface area contributed by atoms with Crippen molar-refractivity contribution in [1.82, 2.24) is 4.90 Å². The van der Waals surface area contributed by atoms with Crippen molar-refractivity contribution in [2.45, 2.75) is 25.2 Å². The molecule has 1 unspecified atom stereocenters. The fourth-order valence-corrected chi connectivity index (χ4v) is 4.85. The lowest BCUT2D eigenvalue weighted by molar-refractivity contribution is 0.0932. The van der Waals surface area contributed by atoms with Crippen molar-refractivity contribution in [2.75, 3.05) is 26.2 Å². The van der Waals surface area contributed by atoms with Gasteiger partial charge in [0.1, 0.15) is 5.75 Å². The first-order valence-electron chi connectivity index (χ1n) is 10.8. The van der Waals surface area contributed by atoms with Crippen LogP contribution in [0.25, 0.3) is 10.8 Å². The smallest absolute Gasteiger partial charge is 0.170 e. The molecular formula is C26H24ClNO3. The Kier molecular flexibility index (Phi) is 5.51. The van der Waals surface area contributed by atoms with Crippen molar-refractivity contribution in [2.24, 2.45) is 0 Å². The summed E-state index contributed by atoms with van der Waals surface area (Å²) in [4.78, 5) is 27.4. The van der Waals surface area contributed by atoms with Gasteiger partial charge in [-0.2, -0.15) is 0 Å². The predicted octanol–water partition coefficient (Wildman–Crippen LogP) is 5.52. The minimum Gasteiger partial charge on any atom is -0.492 e. The summed E-state index contributed by atoms with van der Waals surface area (Å²) in [5, 5.41) is 2.66. The first-order chi connectivity index (χ1) is 15.1. The molecular weight excluding hydrogens is 410 g/mol. The normalized spacial score (nSPS) is 18.7. The fourth-order valence-electron chi connectivity index (χ4n) is 4.65. The van der Waals surface area contributed by atoms with Gasteiger partial charge in [-0.05, 0) is 65.6 Å². The van der Waals surface area contributed by atoms with Crippen molar-refractivity contribution in [3.05, 3.63) is 76.3 Å². The van der Waals surface area contributed by atoms with Gasteiger partial charge in [0, 0.05) is 36.5 Å². The van der Waals surface area contributed by atoms with Gasteiger partial charge in [-0.3, -0.25) is 9.59 Å². The maximum Gasteiger partial charge on any atom is 0.170 e. The molecule has 2 heterocycles. The predicted molar refractivity (Wildman–Crippen MR) is 123 cm³/mol. The summed E-state index contributed by atoms with van der Waals surface area (Å²) in [6.45, 7) is 3.14. The SMILES string of the molecule is O=C(CCN1CCC(c2cccc(Cl)c2)C1)c1ccc2cc3c(cc2c1)C(=O)CCO3. The van der Waals surface area contributed by atoms with Crippen LogP contribution in [0.1, 0.15) is 51.5 Å². The second-order valence-corrected chi connectivity index (χ2v) is 8.88. The molecule has 3 aromatic carbocycles. The fraction of sp³-hybridized carbons (Fsp3) is 0.308. The molecule has 5 heteroatoms. The zero-order valence-electron chi connectivity index (χ0n) is 17.3. The number of nitrogens with zero attached hydrogens (tertiary/aromatic N) is 1. The minimum absolute atomic E-state index is 0.100. The highest BCUT2D eigenvalue weighted by molar-refractivity contribution is 6.30. The van der Waals surface area contributed by atoms with Crippen LogP contribution in [0.2, 0.25) is 5.02 Å². The summed E-state index contributed by atoms with van der Waals surface area (Å²) >= 11 is 6.13. The third kappa shape index (κ3) is 4.23. The topological polar surface area (TPSA) is 46.6 Å². The van der Waals surface area contributed by atoms with Crippen LogP contribution in [0.3, 0.4) is 0 Å². The molecule has 0 saturated carbocycles. The van der Waals surface area contributed by atoms with E-state index in [1.165, 1.54) is 5.56 Å². The molecule has 3 aromatic rings. The van der Waals surface area contributed by atoms with Gasteiger partial charge in [-0.15, -0.1) is 0 Å². The van der Waals surface area contributed by atoms with Crippen molar-refractivity contribution >= 4 is 33.9 Å². The van der Waals surface area contributed by atoms with Crippen LogP contribution in [-0.4, -0.2) is 42.7 Å². The maximum atomic E-state index is 12.9. The van der Waals surface area contributed by atoms with Crippen LogP contribution in [0.15, 0.2) is 54.6 Å². The van der Waals surface area contributed by atoms with E-state index in [1.54, 1.807) is 0 Å². The maximum absolute atomic E-state index is 12.9. The molecule has 2 aliphatic rings. The summed E-state index contributed by atoms with van der Waals surface area (Å²) in [6, 6.07) is 17.6. The number of carbonyl (C=O) groups excluding carboxylic acids is 2. The number of hydrogen-bond donors (Lipinski definition) is 0. The van der Waals surface area contributed by atoms with Crippen molar-refractivity contribution in [3.63, 3.8) is 0 Å². The van der Waals surface area contributed by atoms with Gasteiger partial charge in [-0.1, -0.05) is 35.9 Å². The van der Waals surface area contributed by atoms with Gasteiger partial charge in [0.2, 0.25) is 0 Å². The minimum atomic E-state index is 0.100. The average Bonchev–Trinajstić information content (AvgIpc) is 3.25. The molecule has 0 aliphatic carbocycles. The number of Topliss-reactive ketones (excluding diaryl/α,β-unsaturated/α-hetero) is 2. The lowest BCUT2D eigenvalue weighted by Gasteiger charge is -2.17. The van der Waals surface area contributed by atoms with Crippen LogP contribution in [0, 0.1) is 0 Å². The molecule has 1 atom stereocenters. The van der Waals surface area contributed by atoms with E-state index >= 15 is 0 Å². The summed E-state index contributed by atoms with van der Waals surface area (Å²) in [7, 11) is 0.